The summed E-state index contributed by atoms with van der Waals surface area (Å²) in [5.74, 6) is 0.380. The highest BCUT2D eigenvalue weighted by Crippen LogP contribution is 2.33. The van der Waals surface area contributed by atoms with E-state index in [1.54, 1.807) is 6.07 Å². The van der Waals surface area contributed by atoms with Gasteiger partial charge in [0.05, 0.1) is 0 Å². The van der Waals surface area contributed by atoms with Crippen LogP contribution in [0.4, 0.5) is 4.39 Å². The van der Waals surface area contributed by atoms with Gasteiger partial charge in [0.25, 0.3) is 0 Å². The van der Waals surface area contributed by atoms with Crippen LogP contribution in [0.2, 0.25) is 0 Å². The molecule has 0 radical (unpaired) electrons. The molecular weight excluding hydrogens is 203 g/mol. The van der Waals surface area contributed by atoms with E-state index in [0.29, 0.717) is 11.1 Å². The van der Waals surface area contributed by atoms with Crippen molar-refractivity contribution < 1.29 is 9.50 Å². The van der Waals surface area contributed by atoms with E-state index in [0.717, 1.165) is 12.8 Å². The standard InChI is InChI=1S/C14H21FO/c1-5-9(3)11-8-14(16)12(7-13(11)15)10(4)6-2/h7-10,16H,5-6H2,1-4H3. The van der Waals surface area contributed by atoms with Crippen molar-refractivity contribution >= 4 is 0 Å². The smallest absolute Gasteiger partial charge is 0.127 e. The summed E-state index contributed by atoms with van der Waals surface area (Å²) < 4.78 is 13.9. The zero-order chi connectivity index (χ0) is 12.3. The molecule has 0 aromatic heterocycles. The van der Waals surface area contributed by atoms with Crippen LogP contribution >= 0.6 is 0 Å². The number of aromatic hydroxyl groups is 1. The van der Waals surface area contributed by atoms with E-state index >= 15 is 0 Å². The summed E-state index contributed by atoms with van der Waals surface area (Å²) >= 11 is 0. The number of hydrogen-bond donors (Lipinski definition) is 1. The third-order valence-corrected chi connectivity index (χ3v) is 3.43. The predicted molar refractivity (Wildman–Crippen MR) is 65.5 cm³/mol. The van der Waals surface area contributed by atoms with Crippen LogP contribution in [-0.4, -0.2) is 5.11 Å². The van der Waals surface area contributed by atoms with E-state index in [1.165, 1.54) is 6.07 Å². The number of phenols is 1. The zero-order valence-electron chi connectivity index (χ0n) is 10.5. The molecule has 1 nitrogen and oxygen atoms in total. The van der Waals surface area contributed by atoms with Crippen LogP contribution in [0.15, 0.2) is 12.1 Å². The maximum Gasteiger partial charge on any atom is 0.127 e. The topological polar surface area (TPSA) is 20.2 Å². The quantitative estimate of drug-likeness (QED) is 0.795. The summed E-state index contributed by atoms with van der Waals surface area (Å²) in [4.78, 5) is 0. The second-order valence-electron chi connectivity index (χ2n) is 4.55. The first-order chi connectivity index (χ1) is 7.51. The average molecular weight is 224 g/mol. The molecule has 0 aliphatic carbocycles. The van der Waals surface area contributed by atoms with Gasteiger partial charge in [-0.1, -0.05) is 27.7 Å². The summed E-state index contributed by atoms with van der Waals surface area (Å²) in [5.41, 5.74) is 1.33. The van der Waals surface area contributed by atoms with E-state index < -0.39 is 0 Å². The van der Waals surface area contributed by atoms with Crippen LogP contribution in [0.5, 0.6) is 5.75 Å². The molecule has 0 saturated heterocycles. The molecule has 0 saturated carbocycles. The van der Waals surface area contributed by atoms with Gasteiger partial charge in [0, 0.05) is 0 Å². The Bertz CT molecular complexity index is 324. The largest absolute Gasteiger partial charge is 0.508 e. The van der Waals surface area contributed by atoms with Crippen molar-refractivity contribution in [3.05, 3.63) is 29.1 Å². The lowest BCUT2D eigenvalue weighted by Gasteiger charge is -2.16. The summed E-state index contributed by atoms with van der Waals surface area (Å²) in [6.45, 7) is 8.02. The van der Waals surface area contributed by atoms with E-state index in [2.05, 4.69) is 0 Å². The Morgan fingerprint density at radius 3 is 2.06 bits per heavy atom. The zero-order valence-corrected chi connectivity index (χ0v) is 10.5. The average Bonchev–Trinajstić information content (AvgIpc) is 2.29. The van der Waals surface area contributed by atoms with Crippen LogP contribution in [0.25, 0.3) is 0 Å². The maximum atomic E-state index is 13.9. The molecule has 0 heterocycles. The van der Waals surface area contributed by atoms with Crippen LogP contribution in [0, 0.1) is 5.82 Å². The van der Waals surface area contributed by atoms with Crippen molar-refractivity contribution in [3.8, 4) is 5.75 Å². The molecule has 0 aliphatic heterocycles. The molecule has 2 heteroatoms. The van der Waals surface area contributed by atoms with E-state index in [4.69, 9.17) is 0 Å². The Kier molecular flexibility index (Phi) is 4.34. The fourth-order valence-electron chi connectivity index (χ4n) is 1.81. The SMILES string of the molecule is CCC(C)c1cc(F)c(C(C)CC)cc1O. The van der Waals surface area contributed by atoms with Gasteiger partial charge in [-0.25, -0.2) is 4.39 Å². The van der Waals surface area contributed by atoms with E-state index in [-0.39, 0.29) is 23.4 Å². The third-order valence-electron chi connectivity index (χ3n) is 3.43. The molecular formula is C14H21FO. The Hall–Kier alpha value is -1.05. The molecule has 2 unspecified atom stereocenters. The number of phenolic OH excluding ortho intramolecular Hbond substituents is 1. The fourth-order valence-corrected chi connectivity index (χ4v) is 1.81. The molecule has 0 bridgehead atoms. The minimum Gasteiger partial charge on any atom is -0.508 e. The molecule has 0 aliphatic rings. The fraction of sp³-hybridized carbons (Fsp3) is 0.571. The Morgan fingerprint density at radius 2 is 1.56 bits per heavy atom. The highest BCUT2D eigenvalue weighted by Gasteiger charge is 2.16. The van der Waals surface area contributed by atoms with Gasteiger partial charge in [-0.3, -0.25) is 0 Å². The molecule has 1 aromatic rings. The van der Waals surface area contributed by atoms with E-state index in [1.807, 2.05) is 27.7 Å². The van der Waals surface area contributed by atoms with Crippen molar-refractivity contribution in [1.82, 2.24) is 0 Å². The third kappa shape index (κ3) is 2.55. The van der Waals surface area contributed by atoms with Crippen molar-refractivity contribution in [1.29, 1.82) is 0 Å². The van der Waals surface area contributed by atoms with Gasteiger partial charge in [-0.2, -0.15) is 0 Å². The van der Waals surface area contributed by atoms with Crippen LogP contribution in [0.3, 0.4) is 0 Å². The number of benzene rings is 1. The molecule has 1 rings (SSSR count). The summed E-state index contributed by atoms with van der Waals surface area (Å²) in [6, 6.07) is 3.08. The summed E-state index contributed by atoms with van der Waals surface area (Å²) in [6.07, 6.45) is 1.77. The monoisotopic (exact) mass is 224 g/mol. The minimum atomic E-state index is -0.192. The Morgan fingerprint density at radius 1 is 1.06 bits per heavy atom. The van der Waals surface area contributed by atoms with Gasteiger partial charge in [0.15, 0.2) is 0 Å². The Balaban J connectivity index is 3.16. The molecule has 1 aromatic carbocycles. The van der Waals surface area contributed by atoms with Crippen LogP contribution in [-0.2, 0) is 0 Å². The minimum absolute atomic E-state index is 0.150. The molecule has 0 fully saturated rings. The van der Waals surface area contributed by atoms with Gasteiger partial charge >= 0.3 is 0 Å². The number of rotatable bonds is 4. The predicted octanol–water partition coefficient (Wildman–Crippen LogP) is 4.56. The molecule has 16 heavy (non-hydrogen) atoms. The van der Waals surface area contributed by atoms with Gasteiger partial charge in [0.1, 0.15) is 11.6 Å². The second-order valence-corrected chi connectivity index (χ2v) is 4.55. The summed E-state index contributed by atoms with van der Waals surface area (Å²) in [7, 11) is 0. The van der Waals surface area contributed by atoms with Gasteiger partial charge in [-0.05, 0) is 47.9 Å². The maximum absolute atomic E-state index is 13.9. The second kappa shape index (κ2) is 5.33. The van der Waals surface area contributed by atoms with Gasteiger partial charge in [0.2, 0.25) is 0 Å². The number of hydrogen-bond acceptors (Lipinski definition) is 1. The van der Waals surface area contributed by atoms with Crippen molar-refractivity contribution in [3.63, 3.8) is 0 Å². The number of halogens is 1. The van der Waals surface area contributed by atoms with E-state index in [9.17, 15) is 9.50 Å². The first kappa shape index (κ1) is 13.0. The first-order valence-electron chi connectivity index (χ1n) is 6.03. The molecule has 0 amide bonds. The highest BCUT2D eigenvalue weighted by molar-refractivity contribution is 5.40. The normalized spacial score (nSPS) is 14.8. The molecule has 0 spiro atoms. The molecule has 1 N–H and O–H groups in total. The lowest BCUT2D eigenvalue weighted by molar-refractivity contribution is 0.455. The molecule has 90 valence electrons. The summed E-state index contributed by atoms with van der Waals surface area (Å²) in [5, 5.41) is 9.90. The first-order valence-corrected chi connectivity index (χ1v) is 6.03. The van der Waals surface area contributed by atoms with Crippen molar-refractivity contribution in [2.75, 3.05) is 0 Å². The lowest BCUT2D eigenvalue weighted by atomic mass is 9.91. The van der Waals surface area contributed by atoms with Gasteiger partial charge < -0.3 is 5.11 Å². The van der Waals surface area contributed by atoms with Crippen molar-refractivity contribution in [2.24, 2.45) is 0 Å². The van der Waals surface area contributed by atoms with Crippen molar-refractivity contribution in [2.45, 2.75) is 52.4 Å². The highest BCUT2D eigenvalue weighted by atomic mass is 19.1. The lowest BCUT2D eigenvalue weighted by Crippen LogP contribution is -2.00. The van der Waals surface area contributed by atoms with Crippen LogP contribution < -0.4 is 0 Å². The Labute approximate surface area is 97.3 Å². The van der Waals surface area contributed by atoms with Crippen LogP contribution in [0.1, 0.15) is 63.5 Å². The molecule has 2 atom stereocenters. The van der Waals surface area contributed by atoms with Gasteiger partial charge in [-0.15, -0.1) is 0 Å².